The number of hydrogen-bond acceptors (Lipinski definition) is 6. The van der Waals surface area contributed by atoms with Gasteiger partial charge in [-0.1, -0.05) is 35.5 Å². The first-order chi connectivity index (χ1) is 15.5. The van der Waals surface area contributed by atoms with Gasteiger partial charge in [-0.25, -0.2) is 9.88 Å². The molecule has 166 valence electrons. The lowest BCUT2D eigenvalue weighted by Crippen LogP contribution is -2.58. The van der Waals surface area contributed by atoms with Crippen LogP contribution in [0.4, 0.5) is 11.4 Å². The summed E-state index contributed by atoms with van der Waals surface area (Å²) in [6, 6.07) is 15.6. The summed E-state index contributed by atoms with van der Waals surface area (Å²) in [5.74, 6) is 0.287. The summed E-state index contributed by atoms with van der Waals surface area (Å²) in [5, 5.41) is 18.2. The van der Waals surface area contributed by atoms with Crippen molar-refractivity contribution < 1.29 is 14.6 Å². The number of nitrogens with zero attached hydrogens (tertiary/aromatic N) is 5. The van der Waals surface area contributed by atoms with Crippen LogP contribution in [0.2, 0.25) is 0 Å². The number of hydrogen-bond donors (Lipinski definition) is 0. The maximum atomic E-state index is 13.1. The van der Waals surface area contributed by atoms with E-state index in [1.807, 2.05) is 43.3 Å². The van der Waals surface area contributed by atoms with E-state index in [1.54, 1.807) is 16.5 Å². The van der Waals surface area contributed by atoms with Gasteiger partial charge in [0.1, 0.15) is 0 Å². The van der Waals surface area contributed by atoms with Gasteiger partial charge in [0.05, 0.1) is 17.1 Å². The molecular weight excluding hydrogens is 422 g/mol. The highest BCUT2D eigenvalue weighted by molar-refractivity contribution is 7.99. The van der Waals surface area contributed by atoms with Crippen molar-refractivity contribution in [1.29, 1.82) is 0 Å². The Morgan fingerprint density at radius 1 is 1.12 bits per heavy atom. The summed E-state index contributed by atoms with van der Waals surface area (Å²) in [6.07, 6.45) is -0.574. The van der Waals surface area contributed by atoms with Gasteiger partial charge in [0, 0.05) is 36.4 Å². The van der Waals surface area contributed by atoms with Crippen molar-refractivity contribution in [2.45, 2.75) is 39.0 Å². The Kier molecular flexibility index (Phi) is 6.32. The predicted molar refractivity (Wildman–Crippen MR) is 125 cm³/mol. The van der Waals surface area contributed by atoms with E-state index in [1.165, 1.54) is 11.8 Å². The van der Waals surface area contributed by atoms with E-state index in [0.717, 1.165) is 30.1 Å². The highest BCUT2D eigenvalue weighted by Crippen LogP contribution is 2.41. The van der Waals surface area contributed by atoms with Crippen molar-refractivity contribution in [2.75, 3.05) is 28.6 Å². The summed E-state index contributed by atoms with van der Waals surface area (Å²) >= 11 is 1.41. The van der Waals surface area contributed by atoms with Crippen molar-refractivity contribution in [3.05, 3.63) is 54.1 Å². The Morgan fingerprint density at radius 3 is 2.44 bits per heavy atom. The standard InChI is InChI=1S/C24H27N5O2S/c1-5-27(6-2)18-14-12-17(13-15-18)23-28(16(4)30)20-11-9-8-10-19(20)21-22(31)25-24(32-7-3)26-29(21)23/h8-15,23H,5-7H2,1-4H3. The Bertz CT molecular complexity index is 1130. The number of carbonyl (C=O) groups is 1. The zero-order valence-corrected chi connectivity index (χ0v) is 19.6. The second kappa shape index (κ2) is 9.16. The van der Waals surface area contributed by atoms with Crippen LogP contribution in [-0.2, 0) is 4.79 Å². The summed E-state index contributed by atoms with van der Waals surface area (Å²) in [5.41, 5.74) is 3.74. The zero-order valence-electron chi connectivity index (χ0n) is 18.8. The third-order valence-corrected chi connectivity index (χ3v) is 6.37. The first-order valence-electron chi connectivity index (χ1n) is 10.9. The van der Waals surface area contributed by atoms with Gasteiger partial charge in [-0.05, 0) is 56.0 Å². The monoisotopic (exact) mass is 449 g/mol. The quantitative estimate of drug-likeness (QED) is 0.424. The average Bonchev–Trinajstić information content (AvgIpc) is 2.79. The largest absolute Gasteiger partial charge is 0.854 e. The van der Waals surface area contributed by atoms with Crippen LogP contribution in [0.1, 0.15) is 39.4 Å². The summed E-state index contributed by atoms with van der Waals surface area (Å²) in [4.78, 5) is 21.1. The highest BCUT2D eigenvalue weighted by atomic mass is 32.2. The third kappa shape index (κ3) is 3.79. The molecule has 1 amide bonds. The van der Waals surface area contributed by atoms with Crippen molar-refractivity contribution in [3.63, 3.8) is 0 Å². The summed E-state index contributed by atoms with van der Waals surface area (Å²) in [6.45, 7) is 9.60. The Hall–Kier alpha value is -3.13. The molecule has 0 bridgehead atoms. The molecule has 8 heteroatoms. The summed E-state index contributed by atoms with van der Waals surface area (Å²) in [7, 11) is 0. The normalized spacial score (nSPS) is 14.6. The van der Waals surface area contributed by atoms with Crippen molar-refractivity contribution in [3.8, 4) is 17.1 Å². The maximum Gasteiger partial charge on any atom is 0.293 e. The molecule has 0 fully saturated rings. The second-order valence-electron chi connectivity index (χ2n) is 7.47. The molecule has 1 unspecified atom stereocenters. The lowest BCUT2D eigenvalue weighted by Gasteiger charge is -2.33. The van der Waals surface area contributed by atoms with Crippen LogP contribution >= 0.6 is 11.8 Å². The van der Waals surface area contributed by atoms with Crippen LogP contribution in [0.15, 0.2) is 53.7 Å². The number of para-hydroxylation sites is 1. The lowest BCUT2D eigenvalue weighted by atomic mass is 10.0. The molecule has 0 saturated heterocycles. The Labute approximate surface area is 192 Å². The number of anilines is 2. The third-order valence-electron chi connectivity index (χ3n) is 5.65. The van der Waals surface area contributed by atoms with Crippen LogP contribution < -0.4 is 19.6 Å². The fraction of sp³-hybridized carbons (Fsp3) is 0.333. The van der Waals surface area contributed by atoms with Gasteiger partial charge in [0.25, 0.3) is 17.0 Å². The minimum atomic E-state index is -0.574. The highest BCUT2D eigenvalue weighted by Gasteiger charge is 2.43. The molecule has 2 heterocycles. The number of fused-ring (bicyclic) bond motifs is 3. The molecule has 1 aliphatic rings. The SMILES string of the molecule is CCSc1nc([O-])c2[n+](n1)C(c1ccc(N(CC)CC)cc1)N(C(C)=O)c1ccccc1-2. The van der Waals surface area contributed by atoms with Crippen LogP contribution in [0.25, 0.3) is 11.3 Å². The van der Waals surface area contributed by atoms with E-state index >= 15 is 0 Å². The minimum absolute atomic E-state index is 0.121. The van der Waals surface area contributed by atoms with E-state index in [4.69, 9.17) is 5.10 Å². The number of carbonyl (C=O) groups excluding carboxylic acids is 1. The molecule has 1 aliphatic heterocycles. The van der Waals surface area contributed by atoms with E-state index in [-0.39, 0.29) is 11.8 Å². The first kappa shape index (κ1) is 22.1. The molecule has 0 aliphatic carbocycles. The molecule has 32 heavy (non-hydrogen) atoms. The van der Waals surface area contributed by atoms with Gasteiger partial charge in [-0.15, -0.1) is 0 Å². The van der Waals surface area contributed by atoms with Crippen molar-refractivity contribution in [1.82, 2.24) is 10.1 Å². The van der Waals surface area contributed by atoms with Gasteiger partial charge in [-0.2, -0.15) is 0 Å². The second-order valence-corrected chi connectivity index (χ2v) is 8.70. The average molecular weight is 450 g/mol. The summed E-state index contributed by atoms with van der Waals surface area (Å²) < 4.78 is 1.67. The first-order valence-corrected chi connectivity index (χ1v) is 11.9. The number of amides is 1. The lowest BCUT2D eigenvalue weighted by molar-refractivity contribution is -0.764. The molecule has 3 aromatic rings. The van der Waals surface area contributed by atoms with E-state index in [2.05, 4.69) is 35.9 Å². The molecule has 1 atom stereocenters. The molecule has 0 N–H and O–H groups in total. The van der Waals surface area contributed by atoms with Gasteiger partial charge in [0.2, 0.25) is 5.91 Å². The smallest absolute Gasteiger partial charge is 0.293 e. The molecular formula is C24H27N5O2S. The van der Waals surface area contributed by atoms with E-state index in [0.29, 0.717) is 22.1 Å². The van der Waals surface area contributed by atoms with Crippen molar-refractivity contribution in [2.24, 2.45) is 0 Å². The molecule has 0 radical (unpaired) electrons. The van der Waals surface area contributed by atoms with Gasteiger partial charge in [-0.3, -0.25) is 4.79 Å². The van der Waals surface area contributed by atoms with Crippen LogP contribution in [0, 0.1) is 0 Å². The van der Waals surface area contributed by atoms with Gasteiger partial charge in [0.15, 0.2) is 0 Å². The topological polar surface area (TPSA) is 76.3 Å². The Morgan fingerprint density at radius 2 is 1.81 bits per heavy atom. The Balaban J connectivity index is 1.94. The molecule has 1 aromatic heterocycles. The van der Waals surface area contributed by atoms with Crippen LogP contribution in [-0.4, -0.2) is 34.8 Å². The van der Waals surface area contributed by atoms with Gasteiger partial charge >= 0.3 is 0 Å². The number of benzene rings is 2. The fourth-order valence-corrected chi connectivity index (χ4v) is 4.76. The predicted octanol–water partition coefficient (Wildman–Crippen LogP) is 3.38. The number of thioether (sulfide) groups is 1. The number of aromatic nitrogens is 3. The molecule has 0 spiro atoms. The van der Waals surface area contributed by atoms with E-state index in [9.17, 15) is 9.90 Å². The van der Waals surface area contributed by atoms with Crippen LogP contribution in [0.5, 0.6) is 5.88 Å². The number of rotatable bonds is 6. The minimum Gasteiger partial charge on any atom is -0.854 e. The molecule has 4 rings (SSSR count). The molecule has 7 nitrogen and oxygen atoms in total. The fourth-order valence-electron chi connectivity index (χ4n) is 4.21. The molecule has 2 aromatic carbocycles. The molecule has 0 saturated carbocycles. The van der Waals surface area contributed by atoms with E-state index < -0.39 is 6.17 Å². The van der Waals surface area contributed by atoms with Gasteiger partial charge < -0.3 is 10.0 Å². The zero-order chi connectivity index (χ0) is 22.8. The van der Waals surface area contributed by atoms with Crippen molar-refractivity contribution >= 4 is 29.0 Å². The van der Waals surface area contributed by atoms with Crippen LogP contribution in [0.3, 0.4) is 0 Å². The maximum absolute atomic E-state index is 13.1.